The lowest BCUT2D eigenvalue weighted by Gasteiger charge is -2.09. The fourth-order valence-corrected chi connectivity index (χ4v) is 2.85. The Balaban J connectivity index is 1.40. The number of carbonyl (C=O) groups is 2. The summed E-state index contributed by atoms with van der Waals surface area (Å²) in [6.07, 6.45) is -0.671. The van der Waals surface area contributed by atoms with Gasteiger partial charge in [-0.1, -0.05) is 30.3 Å². The Morgan fingerprint density at radius 3 is 2.15 bits per heavy atom. The van der Waals surface area contributed by atoms with Crippen LogP contribution in [0.2, 0.25) is 0 Å². The molecule has 0 aliphatic carbocycles. The molecular weight excluding hydrogens is 420 g/mol. The molecule has 0 saturated heterocycles. The number of para-hydroxylation sites is 1. The second-order valence-electron chi connectivity index (χ2n) is 7.18. The van der Waals surface area contributed by atoms with E-state index in [9.17, 15) is 9.59 Å². The number of anilines is 3. The molecule has 0 radical (unpaired) electrons. The Labute approximate surface area is 192 Å². The van der Waals surface area contributed by atoms with Crippen molar-refractivity contribution in [2.45, 2.75) is 20.0 Å². The molecule has 0 atom stereocenters. The summed E-state index contributed by atoms with van der Waals surface area (Å²) in [6.45, 7) is 1.75. The van der Waals surface area contributed by atoms with Gasteiger partial charge in [-0.05, 0) is 61.0 Å². The third kappa shape index (κ3) is 8.02. The van der Waals surface area contributed by atoms with Gasteiger partial charge in [-0.3, -0.25) is 4.79 Å². The fourth-order valence-electron chi connectivity index (χ4n) is 2.85. The Hall–Kier alpha value is -4.33. The maximum Gasteiger partial charge on any atom is 0.428 e. The van der Waals surface area contributed by atoms with Crippen LogP contribution in [0.25, 0.3) is 0 Å². The van der Waals surface area contributed by atoms with Crippen LogP contribution in [0, 0.1) is 0 Å². The maximum absolute atomic E-state index is 12.2. The highest BCUT2D eigenvalue weighted by atomic mass is 16.6. The third-order valence-corrected chi connectivity index (χ3v) is 4.51. The normalized spacial score (nSPS) is 10.8. The lowest BCUT2D eigenvalue weighted by Crippen LogP contribution is -2.22. The molecule has 0 aliphatic rings. The van der Waals surface area contributed by atoms with Gasteiger partial charge in [0.05, 0.1) is 13.5 Å². The van der Waals surface area contributed by atoms with E-state index in [2.05, 4.69) is 21.2 Å². The minimum absolute atomic E-state index is 0.0305. The highest BCUT2D eigenvalue weighted by Crippen LogP contribution is 2.18. The number of nitrogens with one attached hydrogen (secondary N) is 3. The van der Waals surface area contributed by atoms with E-state index in [-0.39, 0.29) is 18.9 Å². The summed E-state index contributed by atoms with van der Waals surface area (Å²) in [5, 5.41) is 9.99. The average Bonchev–Trinajstić information content (AvgIpc) is 2.83. The first-order valence-corrected chi connectivity index (χ1v) is 10.3. The summed E-state index contributed by atoms with van der Waals surface area (Å²) in [5.41, 5.74) is 6.10. The molecule has 33 heavy (non-hydrogen) atoms. The van der Waals surface area contributed by atoms with Gasteiger partial charge >= 0.3 is 6.09 Å². The van der Waals surface area contributed by atoms with Gasteiger partial charge in [0.15, 0.2) is 0 Å². The van der Waals surface area contributed by atoms with Gasteiger partial charge in [-0.2, -0.15) is 5.10 Å². The lowest BCUT2D eigenvalue weighted by molar-refractivity contribution is -0.115. The SMILES string of the molecule is COc1ccc(COC(=O)N/N=C(\C)CC(=O)Nc2ccc(Nc3ccccc3)cc2)cc1. The number of nitrogens with zero attached hydrogens (tertiary/aromatic N) is 1. The highest BCUT2D eigenvalue weighted by Gasteiger charge is 2.07. The number of benzene rings is 3. The van der Waals surface area contributed by atoms with Crippen LogP contribution in [-0.4, -0.2) is 24.8 Å². The first-order valence-electron chi connectivity index (χ1n) is 10.3. The predicted octanol–water partition coefficient (Wildman–Crippen LogP) is 5.07. The molecule has 0 unspecified atom stereocenters. The van der Waals surface area contributed by atoms with E-state index in [0.29, 0.717) is 11.4 Å². The zero-order valence-corrected chi connectivity index (χ0v) is 18.5. The number of hydrogen-bond acceptors (Lipinski definition) is 6. The van der Waals surface area contributed by atoms with E-state index in [1.807, 2.05) is 54.6 Å². The molecule has 0 aromatic heterocycles. The predicted molar refractivity (Wildman–Crippen MR) is 129 cm³/mol. The van der Waals surface area contributed by atoms with E-state index < -0.39 is 6.09 Å². The average molecular weight is 447 g/mol. The van der Waals surface area contributed by atoms with Crippen LogP contribution in [0.3, 0.4) is 0 Å². The molecule has 3 aromatic rings. The molecule has 2 amide bonds. The number of hydrazone groups is 1. The largest absolute Gasteiger partial charge is 0.497 e. The monoisotopic (exact) mass is 446 g/mol. The summed E-state index contributed by atoms with van der Waals surface area (Å²) in [7, 11) is 1.58. The molecule has 8 heteroatoms. The number of hydrogen-bond donors (Lipinski definition) is 3. The van der Waals surface area contributed by atoms with Crippen LogP contribution in [0.4, 0.5) is 21.9 Å². The van der Waals surface area contributed by atoms with Crippen molar-refractivity contribution in [1.29, 1.82) is 0 Å². The number of methoxy groups -OCH3 is 1. The van der Waals surface area contributed by atoms with Crippen molar-refractivity contribution in [3.05, 3.63) is 84.4 Å². The van der Waals surface area contributed by atoms with Crippen LogP contribution in [0.5, 0.6) is 5.75 Å². The van der Waals surface area contributed by atoms with Crippen molar-refractivity contribution < 1.29 is 19.1 Å². The molecule has 0 aliphatic heterocycles. The first-order chi connectivity index (χ1) is 16.0. The third-order valence-electron chi connectivity index (χ3n) is 4.51. The first kappa shape index (κ1) is 23.3. The van der Waals surface area contributed by atoms with Gasteiger partial charge in [0.1, 0.15) is 12.4 Å². The summed E-state index contributed by atoms with van der Waals surface area (Å²) in [4.78, 5) is 24.1. The Bertz CT molecular complexity index is 1080. The molecule has 0 heterocycles. The number of carbonyl (C=O) groups excluding carboxylic acids is 2. The van der Waals surface area contributed by atoms with Crippen molar-refractivity contribution in [3.63, 3.8) is 0 Å². The fraction of sp³-hybridized carbons (Fsp3) is 0.160. The van der Waals surface area contributed by atoms with Gasteiger partial charge in [0, 0.05) is 22.8 Å². The summed E-state index contributed by atoms with van der Waals surface area (Å²) in [5.74, 6) is 0.481. The van der Waals surface area contributed by atoms with Crippen LogP contribution in [0.1, 0.15) is 18.9 Å². The van der Waals surface area contributed by atoms with E-state index in [1.54, 1.807) is 38.3 Å². The Kier molecular flexibility index (Phi) is 8.41. The smallest absolute Gasteiger partial charge is 0.428 e. The standard InChI is InChI=1S/C25H26N4O4/c1-18(28-29-25(31)33-17-19-8-14-23(32-2)15-9-19)16-24(30)27-22-12-10-21(11-13-22)26-20-6-4-3-5-7-20/h3-15,26H,16-17H2,1-2H3,(H,27,30)(H,29,31)/b28-18+. The summed E-state index contributed by atoms with van der Waals surface area (Å²) in [6, 6.07) is 24.4. The molecule has 0 saturated carbocycles. The second kappa shape index (κ2) is 11.9. The molecule has 0 spiro atoms. The topological polar surface area (TPSA) is 101 Å². The number of amides is 2. The van der Waals surface area contributed by atoms with Crippen molar-refractivity contribution >= 4 is 34.8 Å². The minimum Gasteiger partial charge on any atom is -0.497 e. The van der Waals surface area contributed by atoms with Gasteiger partial charge in [0.2, 0.25) is 5.91 Å². The quantitative estimate of drug-likeness (QED) is 0.315. The minimum atomic E-state index is -0.702. The zero-order chi connectivity index (χ0) is 23.5. The van der Waals surface area contributed by atoms with E-state index >= 15 is 0 Å². The van der Waals surface area contributed by atoms with Crippen LogP contribution in [0.15, 0.2) is 84.0 Å². The molecule has 3 aromatic carbocycles. The molecule has 3 N–H and O–H groups in total. The molecule has 170 valence electrons. The molecule has 8 nitrogen and oxygen atoms in total. The molecule has 0 fully saturated rings. The number of ether oxygens (including phenoxy) is 2. The van der Waals surface area contributed by atoms with Crippen molar-refractivity contribution in [2.24, 2.45) is 5.10 Å². The summed E-state index contributed by atoms with van der Waals surface area (Å²) < 4.78 is 10.2. The summed E-state index contributed by atoms with van der Waals surface area (Å²) >= 11 is 0. The van der Waals surface area contributed by atoms with Gasteiger partial charge < -0.3 is 20.1 Å². The lowest BCUT2D eigenvalue weighted by atomic mass is 10.2. The second-order valence-corrected chi connectivity index (χ2v) is 7.18. The van der Waals surface area contributed by atoms with E-state index in [0.717, 1.165) is 22.7 Å². The molecule has 0 bridgehead atoms. The van der Waals surface area contributed by atoms with Gasteiger partial charge in [-0.25, -0.2) is 10.2 Å². The zero-order valence-electron chi connectivity index (χ0n) is 18.5. The Morgan fingerprint density at radius 1 is 0.848 bits per heavy atom. The van der Waals surface area contributed by atoms with Crippen LogP contribution >= 0.6 is 0 Å². The van der Waals surface area contributed by atoms with E-state index in [4.69, 9.17) is 9.47 Å². The van der Waals surface area contributed by atoms with Crippen molar-refractivity contribution in [1.82, 2.24) is 5.43 Å². The molecule has 3 rings (SSSR count). The number of rotatable bonds is 9. The maximum atomic E-state index is 12.2. The van der Waals surface area contributed by atoms with Crippen LogP contribution in [-0.2, 0) is 16.1 Å². The van der Waals surface area contributed by atoms with Crippen LogP contribution < -0.4 is 20.8 Å². The van der Waals surface area contributed by atoms with Gasteiger partial charge in [0.25, 0.3) is 0 Å². The van der Waals surface area contributed by atoms with Crippen molar-refractivity contribution in [3.8, 4) is 5.75 Å². The van der Waals surface area contributed by atoms with E-state index in [1.165, 1.54) is 0 Å². The van der Waals surface area contributed by atoms with Crippen molar-refractivity contribution in [2.75, 3.05) is 17.7 Å². The Morgan fingerprint density at radius 2 is 1.48 bits per heavy atom. The van der Waals surface area contributed by atoms with Gasteiger partial charge in [-0.15, -0.1) is 0 Å². The highest BCUT2D eigenvalue weighted by molar-refractivity contribution is 6.05. The molecular formula is C25H26N4O4.